The van der Waals surface area contributed by atoms with Gasteiger partial charge in [-0.25, -0.2) is 0 Å². The molecule has 1 aromatic rings. The lowest BCUT2D eigenvalue weighted by molar-refractivity contribution is -0.142. The minimum Gasteiger partial charge on any atom is -0.496 e. The maximum Gasteiger partial charge on any atom is 0.306 e. The third-order valence-electron chi connectivity index (χ3n) is 3.99. The molecule has 0 N–H and O–H groups in total. The van der Waals surface area contributed by atoms with Crippen molar-refractivity contribution < 1.29 is 19.0 Å². The molecule has 1 aromatic carbocycles. The fourth-order valence-electron chi connectivity index (χ4n) is 2.69. The second-order valence-corrected chi connectivity index (χ2v) is 6.42. The Labute approximate surface area is 141 Å². The zero-order chi connectivity index (χ0) is 16.8. The van der Waals surface area contributed by atoms with Gasteiger partial charge < -0.3 is 14.2 Å². The number of carbonyl (C=O) groups is 1. The quantitative estimate of drug-likeness (QED) is 0.510. The van der Waals surface area contributed by atoms with Crippen LogP contribution in [0.5, 0.6) is 11.5 Å². The molecule has 1 rings (SSSR count). The summed E-state index contributed by atoms with van der Waals surface area (Å²) >= 11 is 3.46. The third-order valence-corrected chi connectivity index (χ3v) is 4.55. The Morgan fingerprint density at radius 1 is 1.18 bits per heavy atom. The molecule has 0 spiro atoms. The van der Waals surface area contributed by atoms with Crippen molar-refractivity contribution in [2.45, 2.75) is 38.5 Å². The molecule has 0 amide bonds. The molecular weight excluding hydrogens is 348 g/mol. The van der Waals surface area contributed by atoms with E-state index in [-0.39, 0.29) is 11.4 Å². The van der Waals surface area contributed by atoms with Crippen molar-refractivity contribution in [3.63, 3.8) is 0 Å². The lowest BCUT2D eigenvalue weighted by atomic mass is 9.75. The minimum absolute atomic E-state index is 0.223. The standard InChI is InChI=1S/C17H25BrO4/c1-12-9-15(21-4)13(10-14(12)20-3)17(2,7-6-8-18)11-16(19)22-5/h9-10H,6-8,11H2,1-5H3. The molecule has 22 heavy (non-hydrogen) atoms. The van der Waals surface area contributed by atoms with Crippen LogP contribution in [0, 0.1) is 6.92 Å². The van der Waals surface area contributed by atoms with Crippen LogP contribution in [0.25, 0.3) is 0 Å². The summed E-state index contributed by atoms with van der Waals surface area (Å²) in [6, 6.07) is 3.93. The number of hydrogen-bond donors (Lipinski definition) is 0. The lowest BCUT2D eigenvalue weighted by Crippen LogP contribution is -2.27. The van der Waals surface area contributed by atoms with Crippen molar-refractivity contribution in [3.8, 4) is 11.5 Å². The highest BCUT2D eigenvalue weighted by atomic mass is 79.9. The molecule has 0 radical (unpaired) electrons. The van der Waals surface area contributed by atoms with Crippen molar-refractivity contribution in [2.24, 2.45) is 0 Å². The number of carbonyl (C=O) groups excluding carboxylic acids is 1. The number of aryl methyl sites for hydroxylation is 1. The zero-order valence-electron chi connectivity index (χ0n) is 14.0. The van der Waals surface area contributed by atoms with Gasteiger partial charge in [0.25, 0.3) is 0 Å². The van der Waals surface area contributed by atoms with Gasteiger partial charge in [-0.05, 0) is 37.5 Å². The van der Waals surface area contributed by atoms with E-state index in [1.54, 1.807) is 14.2 Å². The summed E-state index contributed by atoms with van der Waals surface area (Å²) in [6.45, 7) is 4.04. The molecule has 4 nitrogen and oxygen atoms in total. The van der Waals surface area contributed by atoms with Crippen molar-refractivity contribution in [3.05, 3.63) is 23.3 Å². The van der Waals surface area contributed by atoms with Crippen molar-refractivity contribution >= 4 is 21.9 Å². The van der Waals surface area contributed by atoms with Crippen LogP contribution in [-0.4, -0.2) is 32.6 Å². The Hall–Kier alpha value is -1.23. The number of esters is 1. The van der Waals surface area contributed by atoms with Crippen LogP contribution in [-0.2, 0) is 14.9 Å². The molecule has 0 saturated heterocycles. The SMILES string of the molecule is COC(=O)CC(C)(CCCBr)c1cc(OC)c(C)cc1OC. The molecule has 0 aliphatic carbocycles. The molecule has 0 aromatic heterocycles. The van der Waals surface area contributed by atoms with Crippen LogP contribution in [0.4, 0.5) is 0 Å². The average Bonchev–Trinajstić information content (AvgIpc) is 2.52. The average molecular weight is 373 g/mol. The number of rotatable bonds is 8. The first kappa shape index (κ1) is 18.8. The molecular formula is C17H25BrO4. The van der Waals surface area contributed by atoms with Gasteiger partial charge in [0, 0.05) is 16.3 Å². The van der Waals surface area contributed by atoms with Gasteiger partial charge in [-0.2, -0.15) is 0 Å². The summed E-state index contributed by atoms with van der Waals surface area (Å²) in [5.74, 6) is 1.35. The first-order valence-electron chi connectivity index (χ1n) is 7.27. The second kappa shape index (κ2) is 8.42. The maximum absolute atomic E-state index is 11.9. The largest absolute Gasteiger partial charge is 0.496 e. The Kier molecular flexibility index (Phi) is 7.20. The fraction of sp³-hybridized carbons (Fsp3) is 0.588. The molecule has 0 bridgehead atoms. The van der Waals surface area contributed by atoms with Crippen molar-refractivity contribution in [1.82, 2.24) is 0 Å². The lowest BCUT2D eigenvalue weighted by Gasteiger charge is -2.31. The number of hydrogen-bond acceptors (Lipinski definition) is 4. The smallest absolute Gasteiger partial charge is 0.306 e. The summed E-state index contributed by atoms with van der Waals surface area (Å²) in [5.41, 5.74) is 1.61. The molecule has 1 atom stereocenters. The summed E-state index contributed by atoms with van der Waals surface area (Å²) in [7, 11) is 4.71. The van der Waals surface area contributed by atoms with Gasteiger partial charge in [0.15, 0.2) is 0 Å². The Balaban J connectivity index is 3.36. The Morgan fingerprint density at radius 3 is 2.32 bits per heavy atom. The molecule has 1 unspecified atom stereocenters. The normalized spacial score (nSPS) is 13.4. The topological polar surface area (TPSA) is 44.8 Å². The van der Waals surface area contributed by atoms with Crippen LogP contribution >= 0.6 is 15.9 Å². The monoisotopic (exact) mass is 372 g/mol. The molecule has 0 aliphatic rings. The molecule has 0 fully saturated rings. The predicted molar refractivity (Wildman–Crippen MR) is 91.3 cm³/mol. The highest BCUT2D eigenvalue weighted by Crippen LogP contribution is 2.41. The van der Waals surface area contributed by atoms with Gasteiger partial charge in [-0.3, -0.25) is 4.79 Å². The van der Waals surface area contributed by atoms with E-state index in [9.17, 15) is 4.79 Å². The van der Waals surface area contributed by atoms with E-state index >= 15 is 0 Å². The van der Waals surface area contributed by atoms with E-state index < -0.39 is 0 Å². The predicted octanol–water partition coefficient (Wildman–Crippen LogP) is 4.01. The summed E-state index contributed by atoms with van der Waals surface area (Å²) < 4.78 is 15.9. The summed E-state index contributed by atoms with van der Waals surface area (Å²) in [5, 5.41) is 0.884. The summed E-state index contributed by atoms with van der Waals surface area (Å²) in [6.07, 6.45) is 2.10. The number of alkyl halides is 1. The van der Waals surface area contributed by atoms with Crippen molar-refractivity contribution in [1.29, 1.82) is 0 Å². The Bertz CT molecular complexity index is 516. The Morgan fingerprint density at radius 2 is 1.82 bits per heavy atom. The third kappa shape index (κ3) is 4.38. The van der Waals surface area contributed by atoms with Crippen LogP contribution in [0.2, 0.25) is 0 Å². The van der Waals surface area contributed by atoms with Gasteiger partial charge in [-0.15, -0.1) is 0 Å². The van der Waals surface area contributed by atoms with Gasteiger partial charge >= 0.3 is 5.97 Å². The highest BCUT2D eigenvalue weighted by Gasteiger charge is 2.33. The molecule has 124 valence electrons. The van der Waals surface area contributed by atoms with E-state index in [0.717, 1.165) is 40.8 Å². The fourth-order valence-corrected chi connectivity index (χ4v) is 2.97. The molecule has 0 heterocycles. The van der Waals surface area contributed by atoms with Crippen LogP contribution < -0.4 is 9.47 Å². The van der Waals surface area contributed by atoms with Gasteiger partial charge in [0.05, 0.1) is 27.8 Å². The van der Waals surface area contributed by atoms with E-state index in [0.29, 0.717) is 6.42 Å². The van der Waals surface area contributed by atoms with E-state index in [4.69, 9.17) is 14.2 Å². The van der Waals surface area contributed by atoms with E-state index in [2.05, 4.69) is 22.9 Å². The van der Waals surface area contributed by atoms with Crippen LogP contribution in [0.1, 0.15) is 37.3 Å². The highest BCUT2D eigenvalue weighted by molar-refractivity contribution is 9.09. The van der Waals surface area contributed by atoms with E-state index in [1.165, 1.54) is 7.11 Å². The van der Waals surface area contributed by atoms with Crippen molar-refractivity contribution in [2.75, 3.05) is 26.7 Å². The van der Waals surface area contributed by atoms with Gasteiger partial charge in [-0.1, -0.05) is 22.9 Å². The van der Waals surface area contributed by atoms with E-state index in [1.807, 2.05) is 19.1 Å². The first-order valence-corrected chi connectivity index (χ1v) is 8.40. The maximum atomic E-state index is 11.9. The molecule has 0 aliphatic heterocycles. The van der Waals surface area contributed by atoms with Gasteiger partial charge in [0.1, 0.15) is 11.5 Å². The number of ether oxygens (including phenoxy) is 3. The van der Waals surface area contributed by atoms with Crippen LogP contribution in [0.3, 0.4) is 0 Å². The number of halogens is 1. The minimum atomic E-state index is -0.368. The zero-order valence-corrected chi connectivity index (χ0v) is 15.6. The second-order valence-electron chi connectivity index (χ2n) is 5.63. The number of methoxy groups -OCH3 is 3. The van der Waals surface area contributed by atoms with Gasteiger partial charge in [0.2, 0.25) is 0 Å². The van der Waals surface area contributed by atoms with Crippen LogP contribution in [0.15, 0.2) is 12.1 Å². The summed E-state index contributed by atoms with van der Waals surface area (Å²) in [4.78, 5) is 11.9. The number of benzene rings is 1. The molecule has 5 heteroatoms. The first-order chi connectivity index (χ1) is 10.4. The molecule has 0 saturated carbocycles.